The molecule has 2 heteroatoms. The molecule has 1 saturated heterocycles. The van der Waals surface area contributed by atoms with Crippen molar-refractivity contribution >= 4 is 0 Å². The van der Waals surface area contributed by atoms with Crippen LogP contribution in [0.15, 0.2) is 0 Å². The maximum atomic E-state index is 5.82. The summed E-state index contributed by atoms with van der Waals surface area (Å²) in [6.45, 7) is 10.8. The van der Waals surface area contributed by atoms with Crippen molar-refractivity contribution < 1.29 is 4.74 Å². The predicted molar refractivity (Wildman–Crippen MR) is 51.3 cm³/mol. The lowest BCUT2D eigenvalue weighted by molar-refractivity contribution is 0.0121. The van der Waals surface area contributed by atoms with Gasteiger partial charge in [-0.25, -0.2) is 0 Å². The summed E-state index contributed by atoms with van der Waals surface area (Å²) in [4.78, 5) is 0. The minimum atomic E-state index is 0.290. The van der Waals surface area contributed by atoms with Crippen molar-refractivity contribution in [2.75, 3.05) is 13.2 Å². The number of rotatable bonds is 1. The molecule has 72 valence electrons. The van der Waals surface area contributed by atoms with E-state index in [4.69, 9.17) is 4.74 Å². The van der Waals surface area contributed by atoms with E-state index in [1.54, 1.807) is 0 Å². The van der Waals surface area contributed by atoms with Gasteiger partial charge in [0.1, 0.15) is 0 Å². The summed E-state index contributed by atoms with van der Waals surface area (Å²) in [7, 11) is 0. The van der Waals surface area contributed by atoms with Crippen LogP contribution < -0.4 is 5.32 Å². The molecule has 0 aromatic heterocycles. The fourth-order valence-corrected chi connectivity index (χ4v) is 1.57. The van der Waals surface area contributed by atoms with Crippen molar-refractivity contribution in [3.8, 4) is 0 Å². The molecule has 0 aliphatic carbocycles. The summed E-state index contributed by atoms with van der Waals surface area (Å²) >= 11 is 0. The van der Waals surface area contributed by atoms with Gasteiger partial charge < -0.3 is 10.1 Å². The van der Waals surface area contributed by atoms with Crippen LogP contribution in [0.1, 0.15) is 34.1 Å². The standard InChI is InChI=1S/C10H21NO/c1-5-9-8(2)11-6-10(3,4)7-12-9/h8-9,11H,5-7H2,1-4H3. The lowest BCUT2D eigenvalue weighted by atomic mass is 9.95. The normalized spacial score (nSPS) is 36.0. The van der Waals surface area contributed by atoms with Crippen LogP contribution in [0.2, 0.25) is 0 Å². The predicted octanol–water partition coefficient (Wildman–Crippen LogP) is 1.80. The average molecular weight is 171 g/mol. The Bertz CT molecular complexity index is 145. The second-order valence-corrected chi connectivity index (χ2v) is 4.59. The first-order valence-corrected chi connectivity index (χ1v) is 4.90. The van der Waals surface area contributed by atoms with Crippen molar-refractivity contribution in [2.45, 2.75) is 46.3 Å². The molecule has 0 spiro atoms. The van der Waals surface area contributed by atoms with Gasteiger partial charge in [0.2, 0.25) is 0 Å². The molecule has 12 heavy (non-hydrogen) atoms. The van der Waals surface area contributed by atoms with Crippen molar-refractivity contribution in [1.29, 1.82) is 0 Å². The molecule has 0 saturated carbocycles. The fourth-order valence-electron chi connectivity index (χ4n) is 1.57. The van der Waals surface area contributed by atoms with Gasteiger partial charge in [-0.3, -0.25) is 0 Å². The second-order valence-electron chi connectivity index (χ2n) is 4.59. The minimum Gasteiger partial charge on any atom is -0.376 e. The van der Waals surface area contributed by atoms with Gasteiger partial charge in [-0.1, -0.05) is 20.8 Å². The number of nitrogens with one attached hydrogen (secondary N) is 1. The topological polar surface area (TPSA) is 21.3 Å². The monoisotopic (exact) mass is 171 g/mol. The largest absolute Gasteiger partial charge is 0.376 e. The van der Waals surface area contributed by atoms with E-state index < -0.39 is 0 Å². The summed E-state index contributed by atoms with van der Waals surface area (Å²) in [6.07, 6.45) is 1.50. The van der Waals surface area contributed by atoms with Gasteiger partial charge in [0.25, 0.3) is 0 Å². The first-order valence-electron chi connectivity index (χ1n) is 4.90. The Labute approximate surface area is 75.7 Å². The molecule has 1 aliphatic heterocycles. The van der Waals surface area contributed by atoms with Gasteiger partial charge in [0.05, 0.1) is 12.7 Å². The smallest absolute Gasteiger partial charge is 0.0722 e. The third-order valence-electron chi connectivity index (χ3n) is 2.55. The third kappa shape index (κ3) is 2.46. The molecule has 2 atom stereocenters. The Hall–Kier alpha value is -0.0800. The highest BCUT2D eigenvalue weighted by Crippen LogP contribution is 2.20. The molecule has 2 unspecified atom stereocenters. The summed E-state index contributed by atoms with van der Waals surface area (Å²) in [5.74, 6) is 0. The molecule has 0 aromatic carbocycles. The summed E-state index contributed by atoms with van der Waals surface area (Å²) in [5, 5.41) is 3.51. The minimum absolute atomic E-state index is 0.290. The Morgan fingerprint density at radius 1 is 1.50 bits per heavy atom. The molecule has 1 N–H and O–H groups in total. The molecular formula is C10H21NO. The summed E-state index contributed by atoms with van der Waals surface area (Å²) in [6, 6.07) is 0.497. The van der Waals surface area contributed by atoms with Crippen molar-refractivity contribution in [3.63, 3.8) is 0 Å². The van der Waals surface area contributed by atoms with Crippen LogP contribution in [-0.4, -0.2) is 25.3 Å². The lowest BCUT2D eigenvalue weighted by Crippen LogP contribution is -2.38. The maximum Gasteiger partial charge on any atom is 0.0722 e. The quantitative estimate of drug-likeness (QED) is 0.649. The molecule has 1 heterocycles. The molecule has 1 rings (SSSR count). The van der Waals surface area contributed by atoms with Crippen LogP contribution >= 0.6 is 0 Å². The molecule has 1 aliphatic rings. The molecule has 2 nitrogen and oxygen atoms in total. The van der Waals surface area contributed by atoms with Gasteiger partial charge in [0.15, 0.2) is 0 Å². The van der Waals surface area contributed by atoms with E-state index in [0.29, 0.717) is 12.1 Å². The molecule has 0 aromatic rings. The van der Waals surface area contributed by atoms with E-state index in [1.807, 2.05) is 0 Å². The molecule has 0 bridgehead atoms. The van der Waals surface area contributed by atoms with Crippen LogP contribution in [0.25, 0.3) is 0 Å². The lowest BCUT2D eigenvalue weighted by Gasteiger charge is -2.21. The Morgan fingerprint density at radius 2 is 2.17 bits per heavy atom. The zero-order valence-corrected chi connectivity index (χ0v) is 8.68. The molecule has 0 radical (unpaired) electrons. The first-order chi connectivity index (χ1) is 5.55. The van der Waals surface area contributed by atoms with E-state index in [9.17, 15) is 0 Å². The fraction of sp³-hybridized carbons (Fsp3) is 1.00. The van der Waals surface area contributed by atoms with E-state index in [2.05, 4.69) is 33.0 Å². The van der Waals surface area contributed by atoms with Gasteiger partial charge in [-0.05, 0) is 13.3 Å². The Kier molecular flexibility index (Phi) is 3.13. The van der Waals surface area contributed by atoms with E-state index in [-0.39, 0.29) is 5.41 Å². The van der Waals surface area contributed by atoms with E-state index in [0.717, 1.165) is 19.6 Å². The molecular weight excluding hydrogens is 150 g/mol. The number of hydrogen-bond acceptors (Lipinski definition) is 2. The van der Waals surface area contributed by atoms with E-state index in [1.165, 1.54) is 0 Å². The van der Waals surface area contributed by atoms with Crippen molar-refractivity contribution in [3.05, 3.63) is 0 Å². The summed E-state index contributed by atoms with van der Waals surface area (Å²) in [5.41, 5.74) is 0.290. The van der Waals surface area contributed by atoms with Gasteiger partial charge >= 0.3 is 0 Å². The third-order valence-corrected chi connectivity index (χ3v) is 2.55. The molecule has 1 fully saturated rings. The highest BCUT2D eigenvalue weighted by atomic mass is 16.5. The Balaban J connectivity index is 2.53. The number of hydrogen-bond donors (Lipinski definition) is 1. The van der Waals surface area contributed by atoms with E-state index >= 15 is 0 Å². The highest BCUT2D eigenvalue weighted by Gasteiger charge is 2.27. The van der Waals surface area contributed by atoms with Crippen LogP contribution in [-0.2, 0) is 4.74 Å². The zero-order chi connectivity index (χ0) is 9.19. The number of ether oxygens (including phenoxy) is 1. The average Bonchev–Trinajstić information content (AvgIpc) is 2.13. The van der Waals surface area contributed by atoms with Crippen LogP contribution in [0.5, 0.6) is 0 Å². The van der Waals surface area contributed by atoms with Gasteiger partial charge in [0, 0.05) is 18.0 Å². The van der Waals surface area contributed by atoms with Crippen LogP contribution in [0, 0.1) is 5.41 Å². The maximum absolute atomic E-state index is 5.82. The first kappa shape index (κ1) is 10.0. The SMILES string of the molecule is CCC1OCC(C)(C)CNC1C. The van der Waals surface area contributed by atoms with Crippen LogP contribution in [0.4, 0.5) is 0 Å². The van der Waals surface area contributed by atoms with Crippen molar-refractivity contribution in [1.82, 2.24) is 5.32 Å². The van der Waals surface area contributed by atoms with Crippen LogP contribution in [0.3, 0.4) is 0 Å². The molecule has 0 amide bonds. The zero-order valence-electron chi connectivity index (χ0n) is 8.68. The Morgan fingerprint density at radius 3 is 2.75 bits per heavy atom. The summed E-state index contributed by atoms with van der Waals surface area (Å²) < 4.78 is 5.82. The highest BCUT2D eigenvalue weighted by molar-refractivity contribution is 4.81. The second kappa shape index (κ2) is 3.75. The van der Waals surface area contributed by atoms with Gasteiger partial charge in [-0.15, -0.1) is 0 Å². The van der Waals surface area contributed by atoms with Gasteiger partial charge in [-0.2, -0.15) is 0 Å². The van der Waals surface area contributed by atoms with Crippen molar-refractivity contribution in [2.24, 2.45) is 5.41 Å².